The molecule has 2 atom stereocenters. The minimum atomic E-state index is -0.590. The summed E-state index contributed by atoms with van der Waals surface area (Å²) in [5, 5.41) is 2.88. The number of hydrogen-bond donors (Lipinski definition) is 2. The highest BCUT2D eigenvalue weighted by atomic mass is 16.7. The van der Waals surface area contributed by atoms with E-state index in [0.29, 0.717) is 6.54 Å². The number of carbonyl (C=O) groups is 2. The molecule has 0 radical (unpaired) electrons. The Morgan fingerprint density at radius 2 is 1.76 bits per heavy atom. The lowest BCUT2D eigenvalue weighted by atomic mass is 9.79. The first-order valence-corrected chi connectivity index (χ1v) is 13.1. The summed E-state index contributed by atoms with van der Waals surface area (Å²) in [6.45, 7) is 12.7. The number of amides is 3. The number of aromatic nitrogens is 2. The molecule has 2 fully saturated rings. The van der Waals surface area contributed by atoms with Crippen molar-refractivity contribution in [2.75, 3.05) is 20.6 Å². The molecule has 2 aromatic rings. The molecular weight excluding hydrogens is 469 g/mol. The van der Waals surface area contributed by atoms with Crippen LogP contribution >= 0.6 is 0 Å². The summed E-state index contributed by atoms with van der Waals surface area (Å²) in [5.41, 5.74) is 1.97. The smallest absolute Gasteiger partial charge is 0.399 e. The number of nitrogens with one attached hydrogen (secondary N) is 2. The molecule has 200 valence electrons. The van der Waals surface area contributed by atoms with Crippen LogP contribution < -0.4 is 10.8 Å². The zero-order valence-electron chi connectivity index (χ0n) is 23.3. The number of benzene rings is 1. The Balaban J connectivity index is 1.48. The van der Waals surface area contributed by atoms with Crippen LogP contribution in [0.5, 0.6) is 0 Å². The zero-order valence-corrected chi connectivity index (χ0v) is 23.3. The average molecular weight is 509 g/mol. The number of likely N-dealkylation sites (tertiary alicyclic amines) is 1. The fourth-order valence-corrected chi connectivity index (χ4v) is 4.71. The molecule has 9 nitrogen and oxygen atoms in total. The third kappa shape index (κ3) is 5.41. The Labute approximate surface area is 220 Å². The first-order valence-electron chi connectivity index (χ1n) is 13.1. The van der Waals surface area contributed by atoms with E-state index in [1.165, 1.54) is 4.90 Å². The van der Waals surface area contributed by atoms with Gasteiger partial charge in [-0.15, -0.1) is 0 Å². The summed E-state index contributed by atoms with van der Waals surface area (Å²) in [7, 11) is 2.93. The number of aromatic amines is 1. The van der Waals surface area contributed by atoms with Crippen molar-refractivity contribution >= 4 is 24.5 Å². The van der Waals surface area contributed by atoms with E-state index in [1.807, 2.05) is 76.9 Å². The fourth-order valence-electron chi connectivity index (χ4n) is 4.71. The fraction of sp³-hybridized carbons (Fsp3) is 0.593. The number of hydrogen-bond acceptors (Lipinski definition) is 5. The number of imidazole rings is 1. The van der Waals surface area contributed by atoms with Gasteiger partial charge in [0.15, 0.2) is 0 Å². The van der Waals surface area contributed by atoms with Crippen LogP contribution in [0.1, 0.15) is 66.3 Å². The highest BCUT2D eigenvalue weighted by Crippen LogP contribution is 2.37. The van der Waals surface area contributed by atoms with E-state index < -0.39 is 13.2 Å². The van der Waals surface area contributed by atoms with E-state index in [0.717, 1.165) is 35.4 Å². The molecule has 3 heterocycles. The minimum Gasteiger partial charge on any atom is -0.399 e. The van der Waals surface area contributed by atoms with Crippen LogP contribution in [0, 0.1) is 5.92 Å². The van der Waals surface area contributed by atoms with E-state index in [2.05, 4.69) is 10.3 Å². The van der Waals surface area contributed by atoms with Crippen LogP contribution in [0.3, 0.4) is 0 Å². The maximum atomic E-state index is 13.5. The first kappa shape index (κ1) is 27.2. The number of urea groups is 1. The monoisotopic (exact) mass is 509 g/mol. The van der Waals surface area contributed by atoms with E-state index in [-0.39, 0.29) is 35.1 Å². The molecule has 4 rings (SSSR count). The second-order valence-electron chi connectivity index (χ2n) is 11.6. The van der Waals surface area contributed by atoms with Crippen molar-refractivity contribution < 1.29 is 18.9 Å². The maximum Gasteiger partial charge on any atom is 0.494 e. The quantitative estimate of drug-likeness (QED) is 0.582. The number of rotatable bonds is 6. The topological polar surface area (TPSA) is 99.8 Å². The summed E-state index contributed by atoms with van der Waals surface area (Å²) in [6, 6.07) is 7.05. The van der Waals surface area contributed by atoms with Crippen molar-refractivity contribution in [2.24, 2.45) is 5.92 Å². The molecule has 0 aliphatic carbocycles. The van der Waals surface area contributed by atoms with Gasteiger partial charge in [-0.3, -0.25) is 4.79 Å². The molecule has 10 heteroatoms. The van der Waals surface area contributed by atoms with Gasteiger partial charge in [0.1, 0.15) is 11.9 Å². The van der Waals surface area contributed by atoms with Gasteiger partial charge in [-0.05, 0) is 51.9 Å². The van der Waals surface area contributed by atoms with Gasteiger partial charge in [0.2, 0.25) is 5.91 Å². The van der Waals surface area contributed by atoms with Crippen molar-refractivity contribution in [2.45, 2.75) is 77.7 Å². The highest BCUT2D eigenvalue weighted by Gasteiger charge is 2.51. The van der Waals surface area contributed by atoms with E-state index in [4.69, 9.17) is 14.3 Å². The van der Waals surface area contributed by atoms with E-state index in [9.17, 15) is 9.59 Å². The minimum absolute atomic E-state index is 0.0349. The standard InChI is InChI=1S/C27H40BN5O4/c1-17(2)22(31-25(35)32(7)8)24(34)33-15-9-10-21(33)23-29-16-20(30-23)18-11-13-19(14-12-18)28-36-26(3,4)27(5,6)37-28/h11-14,16-17,21-22H,9-10,15H2,1-8H3,(H,29,30)(H,31,35)/t21-,22?/m0/s1. The van der Waals surface area contributed by atoms with Gasteiger partial charge in [-0.25, -0.2) is 9.78 Å². The van der Waals surface area contributed by atoms with Crippen LogP contribution in [0.25, 0.3) is 11.3 Å². The lowest BCUT2D eigenvalue weighted by molar-refractivity contribution is -0.135. The van der Waals surface area contributed by atoms with Crippen molar-refractivity contribution in [3.8, 4) is 11.3 Å². The third-order valence-electron chi connectivity index (χ3n) is 7.80. The zero-order chi connectivity index (χ0) is 27.1. The van der Waals surface area contributed by atoms with Crippen LogP contribution in [-0.4, -0.2) is 76.7 Å². The SMILES string of the molecule is CC(C)C(NC(=O)N(C)C)C(=O)N1CCC[C@H]1c1nc(-c2ccc(B3OC(C)(C)C(C)(C)O3)cc2)c[nH]1. The Bertz CT molecular complexity index is 1110. The van der Waals surface area contributed by atoms with Gasteiger partial charge in [-0.1, -0.05) is 38.1 Å². The highest BCUT2D eigenvalue weighted by molar-refractivity contribution is 6.62. The molecule has 0 spiro atoms. The van der Waals surface area contributed by atoms with Crippen molar-refractivity contribution in [3.63, 3.8) is 0 Å². The van der Waals surface area contributed by atoms with Gasteiger partial charge in [-0.2, -0.15) is 0 Å². The van der Waals surface area contributed by atoms with Crippen molar-refractivity contribution in [3.05, 3.63) is 36.3 Å². The van der Waals surface area contributed by atoms with Crippen LogP contribution in [0.2, 0.25) is 0 Å². The predicted molar refractivity (Wildman–Crippen MR) is 144 cm³/mol. The molecule has 0 bridgehead atoms. The Hall–Kier alpha value is -2.85. The summed E-state index contributed by atoms with van der Waals surface area (Å²) in [4.78, 5) is 37.2. The van der Waals surface area contributed by atoms with Gasteiger partial charge >= 0.3 is 13.1 Å². The first-order chi connectivity index (χ1) is 17.3. The summed E-state index contributed by atoms with van der Waals surface area (Å²) in [6.07, 6.45) is 3.60. The molecular formula is C27H40BN5O4. The van der Waals surface area contributed by atoms with E-state index >= 15 is 0 Å². The van der Waals surface area contributed by atoms with Crippen molar-refractivity contribution in [1.29, 1.82) is 0 Å². The summed E-state index contributed by atoms with van der Waals surface area (Å²) < 4.78 is 12.3. The van der Waals surface area contributed by atoms with Gasteiger partial charge in [0, 0.05) is 32.4 Å². The molecule has 2 N–H and O–H groups in total. The molecule has 0 saturated carbocycles. The van der Waals surface area contributed by atoms with Crippen LogP contribution in [-0.2, 0) is 14.1 Å². The van der Waals surface area contributed by atoms with Crippen LogP contribution in [0.15, 0.2) is 30.5 Å². The maximum absolute atomic E-state index is 13.5. The molecule has 2 saturated heterocycles. The molecule has 3 amide bonds. The third-order valence-corrected chi connectivity index (χ3v) is 7.80. The lowest BCUT2D eigenvalue weighted by Gasteiger charge is -2.32. The molecule has 2 aliphatic heterocycles. The number of H-pyrrole nitrogens is 1. The predicted octanol–water partition coefficient (Wildman–Crippen LogP) is 3.34. The summed E-state index contributed by atoms with van der Waals surface area (Å²) in [5.74, 6) is 0.655. The molecule has 1 unspecified atom stereocenters. The molecule has 37 heavy (non-hydrogen) atoms. The Morgan fingerprint density at radius 3 is 2.32 bits per heavy atom. The molecule has 1 aromatic carbocycles. The Kier molecular flexibility index (Phi) is 7.45. The second-order valence-corrected chi connectivity index (χ2v) is 11.6. The normalized spacial score (nSPS) is 21.4. The number of nitrogens with zero attached hydrogens (tertiary/aromatic N) is 3. The van der Waals surface area contributed by atoms with Gasteiger partial charge < -0.3 is 29.4 Å². The van der Waals surface area contributed by atoms with Crippen LogP contribution in [0.4, 0.5) is 4.79 Å². The largest absolute Gasteiger partial charge is 0.494 e. The number of carbonyl (C=O) groups excluding carboxylic acids is 2. The molecule has 1 aromatic heterocycles. The Morgan fingerprint density at radius 1 is 1.14 bits per heavy atom. The van der Waals surface area contributed by atoms with E-state index in [1.54, 1.807) is 14.1 Å². The van der Waals surface area contributed by atoms with Gasteiger partial charge in [0.25, 0.3) is 0 Å². The second kappa shape index (κ2) is 10.1. The van der Waals surface area contributed by atoms with Crippen molar-refractivity contribution in [1.82, 2.24) is 25.1 Å². The van der Waals surface area contributed by atoms with Gasteiger partial charge in [0.05, 0.1) is 22.9 Å². The summed E-state index contributed by atoms with van der Waals surface area (Å²) >= 11 is 0. The lowest BCUT2D eigenvalue weighted by Crippen LogP contribution is -2.53. The molecule has 2 aliphatic rings. The average Bonchev–Trinajstić information content (AvgIpc) is 3.54.